The monoisotopic (exact) mass is 260 g/mol. The van der Waals surface area contributed by atoms with Gasteiger partial charge in [-0.1, -0.05) is 20.8 Å². The van der Waals surface area contributed by atoms with Gasteiger partial charge < -0.3 is 4.74 Å². The highest BCUT2D eigenvalue weighted by molar-refractivity contribution is 7.88. The van der Waals surface area contributed by atoms with Gasteiger partial charge in [0.05, 0.1) is 6.10 Å². The smallest absolute Gasteiger partial charge is 0.276 e. The van der Waals surface area contributed by atoms with Gasteiger partial charge in [0.1, 0.15) is 17.0 Å². The van der Waals surface area contributed by atoms with E-state index in [0.29, 0.717) is 12.3 Å². The minimum Gasteiger partial charge on any atom is -0.370 e. The van der Waals surface area contributed by atoms with Crippen LogP contribution in [-0.2, 0) is 19.0 Å². The highest BCUT2D eigenvalue weighted by atomic mass is 32.2. The molecular formula is C12H20O4S. The molecule has 0 radical (unpaired) electrons. The maximum Gasteiger partial charge on any atom is 0.276 e. The Hall–Kier alpha value is -0.130. The molecule has 0 N–H and O–H groups in total. The van der Waals surface area contributed by atoms with Crippen molar-refractivity contribution in [1.29, 1.82) is 0 Å². The lowest BCUT2D eigenvalue weighted by Gasteiger charge is -2.41. The Morgan fingerprint density at radius 1 is 1.35 bits per heavy atom. The van der Waals surface area contributed by atoms with E-state index < -0.39 is 14.9 Å². The molecule has 3 heterocycles. The van der Waals surface area contributed by atoms with Gasteiger partial charge in [-0.2, -0.15) is 8.42 Å². The van der Waals surface area contributed by atoms with Gasteiger partial charge in [-0.05, 0) is 25.7 Å². The molecule has 5 heteroatoms. The third-order valence-corrected chi connectivity index (χ3v) is 7.40. The molecule has 3 rings (SSSR count). The minimum atomic E-state index is -3.47. The molecule has 98 valence electrons. The van der Waals surface area contributed by atoms with Crippen molar-refractivity contribution in [3.05, 3.63) is 0 Å². The average molecular weight is 260 g/mol. The van der Waals surface area contributed by atoms with Gasteiger partial charge in [-0.25, -0.2) is 0 Å². The molecule has 2 bridgehead atoms. The van der Waals surface area contributed by atoms with E-state index in [2.05, 4.69) is 20.8 Å². The van der Waals surface area contributed by atoms with Crippen LogP contribution in [0.15, 0.2) is 0 Å². The van der Waals surface area contributed by atoms with Crippen LogP contribution in [0.3, 0.4) is 0 Å². The molecule has 0 spiro atoms. The minimum absolute atomic E-state index is 0.0322. The molecule has 0 aliphatic carbocycles. The quantitative estimate of drug-likeness (QED) is 0.709. The predicted molar refractivity (Wildman–Crippen MR) is 63.0 cm³/mol. The number of hydrogen-bond donors (Lipinski definition) is 0. The number of fused-ring (bicyclic) bond motifs is 1. The normalized spacial score (nSPS) is 54.8. The number of rotatable bonds is 2. The first-order valence-electron chi connectivity index (χ1n) is 6.38. The van der Waals surface area contributed by atoms with Gasteiger partial charge >= 0.3 is 0 Å². The van der Waals surface area contributed by atoms with E-state index in [4.69, 9.17) is 8.92 Å². The Kier molecular flexibility index (Phi) is 2.15. The van der Waals surface area contributed by atoms with E-state index in [9.17, 15) is 8.42 Å². The van der Waals surface area contributed by atoms with Crippen LogP contribution in [0.4, 0.5) is 0 Å². The lowest BCUT2D eigenvalue weighted by atomic mass is 9.61. The fraction of sp³-hybridized carbons (Fsp3) is 1.00. The summed E-state index contributed by atoms with van der Waals surface area (Å²) in [5.41, 5.74) is -0.131. The summed E-state index contributed by atoms with van der Waals surface area (Å²) in [6.45, 7) is 8.15. The highest BCUT2D eigenvalue weighted by Gasteiger charge is 2.77. The fourth-order valence-corrected chi connectivity index (χ4v) is 5.79. The van der Waals surface area contributed by atoms with Crippen LogP contribution in [-0.4, -0.2) is 31.5 Å². The molecule has 4 nitrogen and oxygen atoms in total. The zero-order valence-corrected chi connectivity index (χ0v) is 11.6. The summed E-state index contributed by atoms with van der Waals surface area (Å²) in [4.78, 5) is 0. The standard InChI is InChI=1S/C12H20O4S/c1-5-12(7(2)3)8-6-11(4)9(15-8)10(12)16-17(11,13)14/h7-10H,5-6H2,1-4H3. The second kappa shape index (κ2) is 3.06. The highest BCUT2D eigenvalue weighted by Crippen LogP contribution is 2.64. The van der Waals surface area contributed by atoms with Crippen molar-refractivity contribution in [3.63, 3.8) is 0 Å². The maximum absolute atomic E-state index is 12.1. The van der Waals surface area contributed by atoms with Crippen molar-refractivity contribution in [2.24, 2.45) is 11.3 Å². The predicted octanol–water partition coefficient (Wildman–Crippen LogP) is 1.70. The second-order valence-corrected chi connectivity index (χ2v) is 8.19. The average Bonchev–Trinajstić information content (AvgIpc) is 2.74. The molecule has 5 atom stereocenters. The van der Waals surface area contributed by atoms with E-state index in [-0.39, 0.29) is 23.7 Å². The van der Waals surface area contributed by atoms with Crippen LogP contribution in [0, 0.1) is 11.3 Å². The Morgan fingerprint density at radius 3 is 2.53 bits per heavy atom. The molecule has 0 aromatic heterocycles. The molecule has 0 amide bonds. The van der Waals surface area contributed by atoms with E-state index in [1.807, 2.05) is 0 Å². The second-order valence-electron chi connectivity index (χ2n) is 6.15. The number of hydrogen-bond acceptors (Lipinski definition) is 4. The molecule has 3 aliphatic rings. The van der Waals surface area contributed by atoms with E-state index >= 15 is 0 Å². The largest absolute Gasteiger partial charge is 0.370 e. The number of ether oxygens (including phenoxy) is 1. The van der Waals surface area contributed by atoms with Crippen LogP contribution in [0.2, 0.25) is 0 Å². The van der Waals surface area contributed by atoms with Crippen LogP contribution < -0.4 is 0 Å². The molecule has 17 heavy (non-hydrogen) atoms. The SMILES string of the molecule is CCC1(C(C)C)C2CC3(C)C(O2)C1OS3(=O)=O. The van der Waals surface area contributed by atoms with Crippen LogP contribution >= 0.6 is 0 Å². The molecule has 5 unspecified atom stereocenters. The maximum atomic E-state index is 12.1. The zero-order chi connectivity index (χ0) is 12.6. The van der Waals surface area contributed by atoms with E-state index in [1.54, 1.807) is 6.92 Å². The topological polar surface area (TPSA) is 52.6 Å². The third-order valence-electron chi connectivity index (χ3n) is 5.40. The van der Waals surface area contributed by atoms with E-state index in [1.165, 1.54) is 0 Å². The van der Waals surface area contributed by atoms with Gasteiger partial charge in [0.2, 0.25) is 0 Å². The molecule has 0 aromatic rings. The Balaban J connectivity index is 2.14. The summed E-state index contributed by atoms with van der Waals surface area (Å²) in [5, 5.41) is 0. The zero-order valence-electron chi connectivity index (χ0n) is 10.8. The van der Waals surface area contributed by atoms with Gasteiger partial charge in [0.25, 0.3) is 10.1 Å². The third kappa shape index (κ3) is 1.05. The molecule has 3 aliphatic heterocycles. The van der Waals surface area contributed by atoms with Crippen molar-refractivity contribution in [2.75, 3.05) is 0 Å². The summed E-state index contributed by atoms with van der Waals surface area (Å²) in [7, 11) is -3.47. The van der Waals surface area contributed by atoms with Gasteiger partial charge in [-0.3, -0.25) is 4.18 Å². The summed E-state index contributed by atoms with van der Waals surface area (Å²) in [5.74, 6) is 0.366. The molecule has 3 saturated heterocycles. The van der Waals surface area contributed by atoms with Gasteiger partial charge in [-0.15, -0.1) is 0 Å². The van der Waals surface area contributed by atoms with Crippen molar-refractivity contribution in [1.82, 2.24) is 0 Å². The first-order chi connectivity index (χ1) is 7.79. The molecular weight excluding hydrogens is 240 g/mol. The summed E-state index contributed by atoms with van der Waals surface area (Å²) >= 11 is 0. The lowest BCUT2D eigenvalue weighted by Crippen LogP contribution is -2.51. The summed E-state index contributed by atoms with van der Waals surface area (Å²) in [6, 6.07) is 0. The first-order valence-corrected chi connectivity index (χ1v) is 7.78. The molecule has 0 aromatic carbocycles. The van der Waals surface area contributed by atoms with Crippen molar-refractivity contribution in [2.45, 2.75) is 63.6 Å². The molecule has 0 saturated carbocycles. The fourth-order valence-electron chi connectivity index (χ4n) is 4.19. The van der Waals surface area contributed by atoms with E-state index in [0.717, 1.165) is 6.42 Å². The first kappa shape index (κ1) is 11.9. The van der Waals surface area contributed by atoms with Crippen LogP contribution in [0.25, 0.3) is 0 Å². The van der Waals surface area contributed by atoms with Gasteiger partial charge in [0, 0.05) is 5.41 Å². The lowest BCUT2D eigenvalue weighted by molar-refractivity contribution is 0.00359. The van der Waals surface area contributed by atoms with Crippen LogP contribution in [0.1, 0.15) is 40.5 Å². The van der Waals surface area contributed by atoms with Crippen molar-refractivity contribution >= 4 is 10.1 Å². The summed E-state index contributed by atoms with van der Waals surface area (Å²) in [6.07, 6.45) is 0.982. The van der Waals surface area contributed by atoms with Crippen molar-refractivity contribution < 1.29 is 17.3 Å². The Morgan fingerprint density at radius 2 is 2.00 bits per heavy atom. The van der Waals surface area contributed by atoms with Crippen molar-refractivity contribution in [3.8, 4) is 0 Å². The molecule has 3 fully saturated rings. The van der Waals surface area contributed by atoms with Crippen LogP contribution in [0.5, 0.6) is 0 Å². The van der Waals surface area contributed by atoms with Gasteiger partial charge in [0.15, 0.2) is 0 Å². The Bertz CT molecular complexity index is 457. The summed E-state index contributed by atoms with van der Waals surface area (Å²) < 4.78 is 34.8. The Labute approximate surface area is 103 Å².